The first-order chi connectivity index (χ1) is 8.69. The second-order valence-corrected chi connectivity index (χ2v) is 4.06. The van der Waals surface area contributed by atoms with Gasteiger partial charge in [-0.25, -0.2) is 9.97 Å². The molecule has 0 bridgehead atoms. The zero-order valence-electron chi connectivity index (χ0n) is 10.4. The Morgan fingerprint density at radius 1 is 1.39 bits per heavy atom. The summed E-state index contributed by atoms with van der Waals surface area (Å²) in [6, 6.07) is 7.61. The number of furan rings is 1. The summed E-state index contributed by atoms with van der Waals surface area (Å²) in [6.45, 7) is 2.70. The zero-order chi connectivity index (χ0) is 13.0. The molecule has 0 aliphatic carbocycles. The molecule has 5 nitrogen and oxygen atoms in total. The molecule has 18 heavy (non-hydrogen) atoms. The predicted molar refractivity (Wildman–Crippen MR) is 67.2 cm³/mol. The zero-order valence-corrected chi connectivity index (χ0v) is 10.4. The van der Waals surface area contributed by atoms with E-state index in [0.717, 1.165) is 30.3 Å². The summed E-state index contributed by atoms with van der Waals surface area (Å²) in [4.78, 5) is 9.95. The van der Waals surface area contributed by atoms with E-state index in [0.29, 0.717) is 5.69 Å². The highest BCUT2D eigenvalue weighted by molar-refractivity contribution is 5.41. The maximum atomic E-state index is 8.78. The summed E-state index contributed by atoms with van der Waals surface area (Å²) in [5, 5.41) is 8.78. The van der Waals surface area contributed by atoms with Gasteiger partial charge in [0.1, 0.15) is 35.4 Å². The van der Waals surface area contributed by atoms with Crippen LogP contribution in [0.1, 0.15) is 17.2 Å². The lowest BCUT2D eigenvalue weighted by Crippen LogP contribution is -2.21. The van der Waals surface area contributed by atoms with Crippen molar-refractivity contribution in [2.45, 2.75) is 13.3 Å². The van der Waals surface area contributed by atoms with Crippen molar-refractivity contribution in [3.8, 4) is 6.07 Å². The van der Waals surface area contributed by atoms with E-state index in [1.807, 2.05) is 37.1 Å². The van der Waals surface area contributed by atoms with Crippen LogP contribution in [-0.2, 0) is 6.42 Å². The maximum Gasteiger partial charge on any atom is 0.145 e. The molecule has 92 valence electrons. The van der Waals surface area contributed by atoms with Gasteiger partial charge in [0.15, 0.2) is 0 Å². The van der Waals surface area contributed by atoms with Crippen molar-refractivity contribution in [1.29, 1.82) is 5.26 Å². The number of nitriles is 1. The van der Waals surface area contributed by atoms with Crippen molar-refractivity contribution in [2.24, 2.45) is 0 Å². The highest BCUT2D eigenvalue weighted by atomic mass is 16.3. The molecular weight excluding hydrogens is 228 g/mol. The Morgan fingerprint density at radius 2 is 2.22 bits per heavy atom. The molecule has 0 fully saturated rings. The minimum absolute atomic E-state index is 0.376. The van der Waals surface area contributed by atoms with Gasteiger partial charge in [0, 0.05) is 26.1 Å². The van der Waals surface area contributed by atoms with Crippen LogP contribution in [-0.4, -0.2) is 23.6 Å². The van der Waals surface area contributed by atoms with Gasteiger partial charge in [0.25, 0.3) is 0 Å². The monoisotopic (exact) mass is 242 g/mol. The first-order valence-corrected chi connectivity index (χ1v) is 5.67. The van der Waals surface area contributed by atoms with Gasteiger partial charge >= 0.3 is 0 Å². The van der Waals surface area contributed by atoms with Crippen molar-refractivity contribution < 1.29 is 4.42 Å². The number of rotatable bonds is 4. The molecule has 0 spiro atoms. The van der Waals surface area contributed by atoms with Crippen molar-refractivity contribution in [3.05, 3.63) is 41.7 Å². The van der Waals surface area contributed by atoms with Crippen LogP contribution in [0.4, 0.5) is 5.82 Å². The topological polar surface area (TPSA) is 66.0 Å². The van der Waals surface area contributed by atoms with Gasteiger partial charge in [-0.15, -0.1) is 0 Å². The molecule has 5 heteroatoms. The van der Waals surface area contributed by atoms with Gasteiger partial charge < -0.3 is 9.32 Å². The fraction of sp³-hybridized carbons (Fsp3) is 0.308. The standard InChI is InChI=1S/C13H14N4O/c1-10-3-4-12(18-10)5-6-17(2)13-7-11(8-14)15-9-16-13/h3-4,7,9H,5-6H2,1-2H3. The predicted octanol–water partition coefficient (Wildman–Crippen LogP) is 1.93. The third-order valence-electron chi connectivity index (χ3n) is 2.65. The lowest BCUT2D eigenvalue weighted by Gasteiger charge is -2.16. The lowest BCUT2D eigenvalue weighted by atomic mass is 10.3. The molecule has 0 aliphatic rings. The van der Waals surface area contributed by atoms with Gasteiger partial charge in [-0.3, -0.25) is 0 Å². The summed E-state index contributed by atoms with van der Waals surface area (Å²) >= 11 is 0. The second kappa shape index (κ2) is 5.32. The van der Waals surface area contributed by atoms with E-state index < -0.39 is 0 Å². The van der Waals surface area contributed by atoms with E-state index in [1.165, 1.54) is 6.33 Å². The number of hydrogen-bond donors (Lipinski definition) is 0. The highest BCUT2D eigenvalue weighted by Gasteiger charge is 2.06. The smallest absolute Gasteiger partial charge is 0.145 e. The van der Waals surface area contributed by atoms with Crippen molar-refractivity contribution in [2.75, 3.05) is 18.5 Å². The summed E-state index contributed by atoms with van der Waals surface area (Å²) in [5.41, 5.74) is 0.376. The maximum absolute atomic E-state index is 8.78. The van der Waals surface area contributed by atoms with E-state index in [9.17, 15) is 0 Å². The molecule has 0 radical (unpaired) electrons. The fourth-order valence-electron chi connectivity index (χ4n) is 1.63. The van der Waals surface area contributed by atoms with Gasteiger partial charge in [0.2, 0.25) is 0 Å². The second-order valence-electron chi connectivity index (χ2n) is 4.06. The van der Waals surface area contributed by atoms with Crippen LogP contribution >= 0.6 is 0 Å². The summed E-state index contributed by atoms with van der Waals surface area (Å²) < 4.78 is 5.50. The molecule has 0 amide bonds. The van der Waals surface area contributed by atoms with Crippen LogP contribution < -0.4 is 4.90 Å². The van der Waals surface area contributed by atoms with Crippen LogP contribution in [0, 0.1) is 18.3 Å². The van der Waals surface area contributed by atoms with E-state index in [2.05, 4.69) is 9.97 Å². The van der Waals surface area contributed by atoms with E-state index in [4.69, 9.17) is 9.68 Å². The molecule has 2 aromatic rings. The first kappa shape index (κ1) is 12.1. The van der Waals surface area contributed by atoms with E-state index in [-0.39, 0.29) is 0 Å². The molecule has 0 atom stereocenters. The van der Waals surface area contributed by atoms with Gasteiger partial charge in [-0.05, 0) is 19.1 Å². The Labute approximate surface area is 106 Å². The van der Waals surface area contributed by atoms with Crippen molar-refractivity contribution in [3.63, 3.8) is 0 Å². The molecule has 2 rings (SSSR count). The van der Waals surface area contributed by atoms with Crippen LogP contribution in [0.2, 0.25) is 0 Å². The van der Waals surface area contributed by atoms with Crippen LogP contribution in [0.3, 0.4) is 0 Å². The molecule has 0 N–H and O–H groups in total. The number of aryl methyl sites for hydroxylation is 1. The third kappa shape index (κ3) is 2.86. The average molecular weight is 242 g/mol. The largest absolute Gasteiger partial charge is 0.466 e. The normalized spacial score (nSPS) is 10.1. The Kier molecular flexibility index (Phi) is 3.58. The molecule has 0 aliphatic heterocycles. The summed E-state index contributed by atoms with van der Waals surface area (Å²) in [7, 11) is 1.93. The van der Waals surface area contributed by atoms with E-state index >= 15 is 0 Å². The highest BCUT2D eigenvalue weighted by Crippen LogP contribution is 2.11. The molecule has 0 unspecified atom stereocenters. The van der Waals surface area contributed by atoms with Crippen LogP contribution in [0.25, 0.3) is 0 Å². The number of anilines is 1. The van der Waals surface area contributed by atoms with Gasteiger partial charge in [-0.1, -0.05) is 0 Å². The average Bonchev–Trinajstić information content (AvgIpc) is 2.82. The number of aromatic nitrogens is 2. The minimum Gasteiger partial charge on any atom is -0.466 e. The molecular formula is C13H14N4O. The Balaban J connectivity index is 1.99. The third-order valence-corrected chi connectivity index (χ3v) is 2.65. The molecule has 2 heterocycles. The SMILES string of the molecule is Cc1ccc(CCN(C)c2cc(C#N)ncn2)o1. The Hall–Kier alpha value is -2.35. The number of nitrogens with zero attached hydrogens (tertiary/aromatic N) is 4. The lowest BCUT2D eigenvalue weighted by molar-refractivity contribution is 0.483. The van der Waals surface area contributed by atoms with Gasteiger partial charge in [0.05, 0.1) is 0 Å². The number of hydrogen-bond acceptors (Lipinski definition) is 5. The van der Waals surface area contributed by atoms with Crippen LogP contribution in [0.15, 0.2) is 28.9 Å². The molecule has 0 saturated heterocycles. The quantitative estimate of drug-likeness (QED) is 0.819. The van der Waals surface area contributed by atoms with Gasteiger partial charge in [-0.2, -0.15) is 5.26 Å². The first-order valence-electron chi connectivity index (χ1n) is 5.67. The fourth-order valence-corrected chi connectivity index (χ4v) is 1.63. The minimum atomic E-state index is 0.376. The van der Waals surface area contributed by atoms with E-state index in [1.54, 1.807) is 6.07 Å². The Bertz CT molecular complexity index is 570. The molecule has 0 aromatic carbocycles. The summed E-state index contributed by atoms with van der Waals surface area (Å²) in [5.74, 6) is 2.61. The molecule has 0 saturated carbocycles. The summed E-state index contributed by atoms with van der Waals surface area (Å²) in [6.07, 6.45) is 2.21. The van der Waals surface area contributed by atoms with Crippen molar-refractivity contribution >= 4 is 5.82 Å². The van der Waals surface area contributed by atoms with Crippen molar-refractivity contribution in [1.82, 2.24) is 9.97 Å². The Morgan fingerprint density at radius 3 is 2.89 bits per heavy atom. The number of likely N-dealkylation sites (N-methyl/N-ethyl adjacent to an activating group) is 1. The molecule has 2 aromatic heterocycles. The van der Waals surface area contributed by atoms with Crippen LogP contribution in [0.5, 0.6) is 0 Å².